The molecule has 0 saturated heterocycles. The zero-order valence-corrected chi connectivity index (χ0v) is 12.0. The van der Waals surface area contributed by atoms with Gasteiger partial charge in [0.25, 0.3) is 0 Å². The summed E-state index contributed by atoms with van der Waals surface area (Å²) in [6.45, 7) is 0.821. The van der Waals surface area contributed by atoms with E-state index in [1.807, 2.05) is 30.3 Å². The van der Waals surface area contributed by atoms with Crippen LogP contribution in [0.3, 0.4) is 0 Å². The Labute approximate surface area is 123 Å². The minimum atomic E-state index is 0.352. The van der Waals surface area contributed by atoms with Crippen LogP contribution in [0.2, 0.25) is 5.02 Å². The number of halogens is 1. The van der Waals surface area contributed by atoms with E-state index in [0.717, 1.165) is 24.2 Å². The summed E-state index contributed by atoms with van der Waals surface area (Å²) < 4.78 is 0. The van der Waals surface area contributed by atoms with Gasteiger partial charge in [0.15, 0.2) is 0 Å². The molecule has 0 aliphatic carbocycles. The average Bonchev–Trinajstić information content (AvgIpc) is 2.41. The van der Waals surface area contributed by atoms with Crippen LogP contribution in [0.25, 0.3) is 0 Å². The highest BCUT2D eigenvalue weighted by molar-refractivity contribution is 7.80. The van der Waals surface area contributed by atoms with Gasteiger partial charge < -0.3 is 11.1 Å². The van der Waals surface area contributed by atoms with Crippen LogP contribution in [-0.4, -0.2) is 11.5 Å². The van der Waals surface area contributed by atoms with Gasteiger partial charge in [0, 0.05) is 22.8 Å². The second-order valence-corrected chi connectivity index (χ2v) is 5.09. The fourth-order valence-electron chi connectivity index (χ4n) is 1.86. The van der Waals surface area contributed by atoms with E-state index in [1.54, 1.807) is 6.07 Å². The third-order valence-electron chi connectivity index (χ3n) is 2.82. The molecule has 98 valence electrons. The smallest absolute Gasteiger partial charge is 0.106 e. The highest BCUT2D eigenvalue weighted by Crippen LogP contribution is 2.20. The van der Waals surface area contributed by atoms with E-state index in [1.165, 1.54) is 5.56 Å². The third kappa shape index (κ3) is 3.94. The third-order valence-corrected chi connectivity index (χ3v) is 3.27. The lowest BCUT2D eigenvalue weighted by molar-refractivity contribution is 1.02. The van der Waals surface area contributed by atoms with Crippen molar-refractivity contribution in [2.45, 2.75) is 6.42 Å². The molecule has 0 fully saturated rings. The molecule has 0 unspecified atom stereocenters. The van der Waals surface area contributed by atoms with Gasteiger partial charge in [0.05, 0.1) is 0 Å². The highest BCUT2D eigenvalue weighted by Gasteiger charge is 2.05. The molecule has 0 radical (unpaired) electrons. The van der Waals surface area contributed by atoms with Gasteiger partial charge in [-0.2, -0.15) is 0 Å². The molecule has 0 spiro atoms. The second-order valence-electron chi connectivity index (χ2n) is 4.22. The topological polar surface area (TPSA) is 38.0 Å². The van der Waals surface area contributed by atoms with Gasteiger partial charge in [-0.3, -0.25) is 0 Å². The predicted molar refractivity (Wildman–Crippen MR) is 86.0 cm³/mol. The Hall–Kier alpha value is -1.58. The minimum Gasteiger partial charge on any atom is -0.389 e. The van der Waals surface area contributed by atoms with Crippen molar-refractivity contribution in [2.24, 2.45) is 5.73 Å². The molecule has 3 N–H and O–H groups in total. The van der Waals surface area contributed by atoms with Crippen LogP contribution in [0, 0.1) is 0 Å². The molecular formula is C15H15ClN2S. The number of nitrogens with one attached hydrogen (secondary N) is 1. The molecule has 0 amide bonds. The van der Waals surface area contributed by atoms with E-state index < -0.39 is 0 Å². The first-order valence-corrected chi connectivity index (χ1v) is 6.82. The molecule has 4 heteroatoms. The molecule has 0 heterocycles. The van der Waals surface area contributed by atoms with Crippen molar-refractivity contribution >= 4 is 34.5 Å². The number of hydrogen-bond donors (Lipinski definition) is 2. The first kappa shape index (κ1) is 13.8. The molecule has 2 rings (SSSR count). The Kier molecular flexibility index (Phi) is 4.77. The fourth-order valence-corrected chi connectivity index (χ4v) is 2.20. The molecule has 0 bridgehead atoms. The van der Waals surface area contributed by atoms with Gasteiger partial charge in [-0.1, -0.05) is 54.2 Å². The lowest BCUT2D eigenvalue weighted by Gasteiger charge is -2.11. The van der Waals surface area contributed by atoms with Crippen LogP contribution in [0.5, 0.6) is 0 Å². The van der Waals surface area contributed by atoms with Crippen LogP contribution in [-0.2, 0) is 6.42 Å². The zero-order chi connectivity index (χ0) is 13.7. The summed E-state index contributed by atoms with van der Waals surface area (Å²) in [6, 6.07) is 15.8. The largest absolute Gasteiger partial charge is 0.389 e. The van der Waals surface area contributed by atoms with E-state index in [9.17, 15) is 0 Å². The summed E-state index contributed by atoms with van der Waals surface area (Å²) in [5.74, 6) is 0. The number of hydrogen-bond acceptors (Lipinski definition) is 2. The van der Waals surface area contributed by atoms with Crippen LogP contribution in [0.4, 0.5) is 5.69 Å². The van der Waals surface area contributed by atoms with Gasteiger partial charge in [0.2, 0.25) is 0 Å². The normalized spacial score (nSPS) is 10.2. The maximum atomic E-state index is 5.95. The first-order chi connectivity index (χ1) is 9.16. The van der Waals surface area contributed by atoms with Crippen molar-refractivity contribution in [3.05, 3.63) is 64.7 Å². The van der Waals surface area contributed by atoms with E-state index in [0.29, 0.717) is 10.0 Å². The van der Waals surface area contributed by atoms with Crippen molar-refractivity contribution in [1.29, 1.82) is 0 Å². The SMILES string of the molecule is NC(=S)c1cc(Cl)ccc1NCCc1ccccc1. The van der Waals surface area contributed by atoms with E-state index in [4.69, 9.17) is 29.6 Å². The summed E-state index contributed by atoms with van der Waals surface area (Å²) in [5.41, 5.74) is 8.70. The standard InChI is InChI=1S/C15H15ClN2S/c16-12-6-7-14(13(10-12)15(17)19)18-9-8-11-4-2-1-3-5-11/h1-7,10,18H,8-9H2,(H2,17,19). The van der Waals surface area contributed by atoms with Crippen molar-refractivity contribution < 1.29 is 0 Å². The van der Waals surface area contributed by atoms with Gasteiger partial charge >= 0.3 is 0 Å². The Balaban J connectivity index is 2.02. The number of anilines is 1. The molecule has 0 saturated carbocycles. The van der Waals surface area contributed by atoms with Crippen LogP contribution >= 0.6 is 23.8 Å². The molecule has 2 nitrogen and oxygen atoms in total. The monoisotopic (exact) mass is 290 g/mol. The summed E-state index contributed by atoms with van der Waals surface area (Å²) in [6.07, 6.45) is 0.945. The maximum Gasteiger partial charge on any atom is 0.106 e. The van der Waals surface area contributed by atoms with Crippen LogP contribution < -0.4 is 11.1 Å². The Morgan fingerprint density at radius 2 is 1.89 bits per heavy atom. The minimum absolute atomic E-state index is 0.352. The summed E-state index contributed by atoms with van der Waals surface area (Å²) in [5, 5.41) is 3.98. The Morgan fingerprint density at radius 3 is 2.58 bits per heavy atom. The average molecular weight is 291 g/mol. The molecule has 2 aromatic carbocycles. The van der Waals surface area contributed by atoms with Crippen LogP contribution in [0.15, 0.2) is 48.5 Å². The molecule has 0 aliphatic heterocycles. The number of thiocarbonyl (C=S) groups is 1. The molecule has 0 aromatic heterocycles. The Morgan fingerprint density at radius 1 is 1.16 bits per heavy atom. The maximum absolute atomic E-state index is 5.95. The lowest BCUT2D eigenvalue weighted by atomic mass is 10.1. The van der Waals surface area contributed by atoms with Gasteiger partial charge in [-0.15, -0.1) is 0 Å². The van der Waals surface area contributed by atoms with Crippen molar-refractivity contribution in [3.8, 4) is 0 Å². The first-order valence-electron chi connectivity index (χ1n) is 6.04. The Bertz CT molecular complexity index is 570. The van der Waals surface area contributed by atoms with Crippen LogP contribution in [0.1, 0.15) is 11.1 Å². The molecule has 0 aliphatic rings. The number of nitrogens with two attached hydrogens (primary N) is 1. The summed E-state index contributed by atoms with van der Waals surface area (Å²) in [7, 11) is 0. The van der Waals surface area contributed by atoms with E-state index in [-0.39, 0.29) is 0 Å². The zero-order valence-electron chi connectivity index (χ0n) is 10.4. The highest BCUT2D eigenvalue weighted by atomic mass is 35.5. The predicted octanol–water partition coefficient (Wildman–Crippen LogP) is 3.63. The molecule has 2 aromatic rings. The molecular weight excluding hydrogens is 276 g/mol. The number of benzene rings is 2. The van der Waals surface area contributed by atoms with Gasteiger partial charge in [-0.05, 0) is 30.2 Å². The second kappa shape index (κ2) is 6.55. The van der Waals surface area contributed by atoms with Crippen molar-refractivity contribution in [3.63, 3.8) is 0 Å². The molecule has 0 atom stereocenters. The van der Waals surface area contributed by atoms with Gasteiger partial charge in [-0.25, -0.2) is 0 Å². The fraction of sp³-hybridized carbons (Fsp3) is 0.133. The molecule has 19 heavy (non-hydrogen) atoms. The van der Waals surface area contributed by atoms with E-state index in [2.05, 4.69) is 17.4 Å². The lowest BCUT2D eigenvalue weighted by Crippen LogP contribution is -2.14. The quantitative estimate of drug-likeness (QED) is 0.826. The van der Waals surface area contributed by atoms with E-state index >= 15 is 0 Å². The summed E-state index contributed by atoms with van der Waals surface area (Å²) in [4.78, 5) is 0.352. The van der Waals surface area contributed by atoms with Crippen molar-refractivity contribution in [2.75, 3.05) is 11.9 Å². The van der Waals surface area contributed by atoms with Crippen molar-refractivity contribution in [1.82, 2.24) is 0 Å². The van der Waals surface area contributed by atoms with Gasteiger partial charge in [0.1, 0.15) is 4.99 Å². The number of rotatable bonds is 5. The summed E-state index contributed by atoms with van der Waals surface area (Å²) >= 11 is 11.0.